The molecule has 1 unspecified atom stereocenters. The molecule has 2 nitrogen and oxygen atoms in total. The Bertz CT molecular complexity index is 577. The highest BCUT2D eigenvalue weighted by Gasteiger charge is 2.16. The average molecular weight is 298 g/mol. The van der Waals surface area contributed by atoms with Crippen LogP contribution in [0.3, 0.4) is 0 Å². The zero-order chi connectivity index (χ0) is 14.5. The van der Waals surface area contributed by atoms with Gasteiger partial charge in [0.1, 0.15) is 5.75 Å². The number of halogens is 3. The van der Waals surface area contributed by atoms with E-state index in [0.717, 1.165) is 5.56 Å². The summed E-state index contributed by atoms with van der Waals surface area (Å²) >= 11 is 6.07. The fourth-order valence-electron chi connectivity index (χ4n) is 2.00. The van der Waals surface area contributed by atoms with E-state index in [4.69, 9.17) is 17.3 Å². The molecule has 0 saturated heterocycles. The third-order valence-corrected chi connectivity index (χ3v) is 3.30. The van der Waals surface area contributed by atoms with Crippen molar-refractivity contribution in [1.29, 1.82) is 0 Å². The van der Waals surface area contributed by atoms with Crippen LogP contribution in [0.25, 0.3) is 0 Å². The lowest BCUT2D eigenvalue weighted by Gasteiger charge is -2.17. The van der Waals surface area contributed by atoms with Crippen molar-refractivity contribution in [3.05, 3.63) is 64.7 Å². The van der Waals surface area contributed by atoms with E-state index >= 15 is 0 Å². The minimum Gasteiger partial charge on any atom is -0.434 e. The molecule has 5 heteroatoms. The fourth-order valence-corrected chi connectivity index (χ4v) is 2.21. The summed E-state index contributed by atoms with van der Waals surface area (Å²) in [6.07, 6.45) is 0.448. The second kappa shape index (κ2) is 6.68. The van der Waals surface area contributed by atoms with Crippen LogP contribution in [0.5, 0.6) is 5.75 Å². The molecule has 0 spiro atoms. The van der Waals surface area contributed by atoms with Gasteiger partial charge in [0.25, 0.3) is 0 Å². The number of nitrogens with two attached hydrogens (primary N) is 1. The van der Waals surface area contributed by atoms with E-state index in [2.05, 4.69) is 4.74 Å². The molecular weight excluding hydrogens is 284 g/mol. The third kappa shape index (κ3) is 3.68. The second-order valence-corrected chi connectivity index (χ2v) is 4.73. The Balaban J connectivity index is 2.21. The Morgan fingerprint density at radius 1 is 1.05 bits per heavy atom. The Morgan fingerprint density at radius 3 is 2.40 bits per heavy atom. The van der Waals surface area contributed by atoms with Crippen molar-refractivity contribution < 1.29 is 13.5 Å². The number of para-hydroxylation sites is 1. The highest BCUT2D eigenvalue weighted by molar-refractivity contribution is 6.31. The topological polar surface area (TPSA) is 35.2 Å². The molecule has 20 heavy (non-hydrogen) atoms. The zero-order valence-electron chi connectivity index (χ0n) is 10.6. The largest absolute Gasteiger partial charge is 0.434 e. The summed E-state index contributed by atoms with van der Waals surface area (Å²) in [5.41, 5.74) is 7.49. The SMILES string of the molecule is NC(Cc1ccccc1Cl)c1ccccc1OC(F)F. The molecule has 0 aliphatic carbocycles. The van der Waals surface area contributed by atoms with Gasteiger partial charge < -0.3 is 10.5 Å². The first-order chi connectivity index (χ1) is 9.58. The van der Waals surface area contributed by atoms with Crippen LogP contribution in [-0.4, -0.2) is 6.61 Å². The molecule has 2 N–H and O–H groups in total. The van der Waals surface area contributed by atoms with Crippen molar-refractivity contribution >= 4 is 11.6 Å². The molecule has 2 aromatic rings. The number of rotatable bonds is 5. The van der Waals surface area contributed by atoms with Crippen LogP contribution in [0.1, 0.15) is 17.2 Å². The van der Waals surface area contributed by atoms with E-state index < -0.39 is 12.7 Å². The first kappa shape index (κ1) is 14.8. The molecule has 106 valence electrons. The van der Waals surface area contributed by atoms with Crippen LogP contribution in [0, 0.1) is 0 Å². The van der Waals surface area contributed by atoms with Crippen molar-refractivity contribution in [3.8, 4) is 5.75 Å². The number of hydrogen-bond donors (Lipinski definition) is 1. The van der Waals surface area contributed by atoms with E-state index in [1.54, 1.807) is 24.3 Å². The standard InChI is InChI=1S/C15H14ClF2NO/c16-12-7-3-1-5-10(12)9-13(19)11-6-2-4-8-14(11)20-15(17)18/h1-8,13,15H,9,19H2. The van der Waals surface area contributed by atoms with Crippen LogP contribution in [0.4, 0.5) is 8.78 Å². The number of alkyl halides is 2. The van der Waals surface area contributed by atoms with E-state index in [1.807, 2.05) is 18.2 Å². The normalized spacial score (nSPS) is 12.4. The maximum absolute atomic E-state index is 12.4. The Kier molecular flexibility index (Phi) is 4.93. The summed E-state index contributed by atoms with van der Waals surface area (Å²) in [6, 6.07) is 13.4. The molecule has 0 saturated carbocycles. The fraction of sp³-hybridized carbons (Fsp3) is 0.200. The van der Waals surface area contributed by atoms with Gasteiger partial charge in [0.15, 0.2) is 0 Å². The minimum absolute atomic E-state index is 0.0991. The highest BCUT2D eigenvalue weighted by atomic mass is 35.5. The monoisotopic (exact) mass is 297 g/mol. The molecule has 0 bridgehead atoms. The van der Waals surface area contributed by atoms with Crippen molar-refractivity contribution in [2.24, 2.45) is 5.73 Å². The smallest absolute Gasteiger partial charge is 0.387 e. The first-order valence-electron chi connectivity index (χ1n) is 6.10. The predicted molar refractivity (Wildman–Crippen MR) is 75.2 cm³/mol. The Morgan fingerprint density at radius 2 is 1.70 bits per heavy atom. The van der Waals surface area contributed by atoms with Gasteiger partial charge in [-0.25, -0.2) is 0 Å². The van der Waals surface area contributed by atoms with Crippen molar-refractivity contribution in [2.45, 2.75) is 19.1 Å². The van der Waals surface area contributed by atoms with Gasteiger partial charge in [-0.1, -0.05) is 48.0 Å². The quantitative estimate of drug-likeness (QED) is 0.898. The van der Waals surface area contributed by atoms with Crippen molar-refractivity contribution in [1.82, 2.24) is 0 Å². The Hall–Kier alpha value is -1.65. The van der Waals surface area contributed by atoms with Crippen LogP contribution >= 0.6 is 11.6 Å². The molecule has 2 rings (SSSR count). The van der Waals surface area contributed by atoms with Crippen LogP contribution in [0.15, 0.2) is 48.5 Å². The van der Waals surface area contributed by atoms with Crippen LogP contribution in [0.2, 0.25) is 5.02 Å². The van der Waals surface area contributed by atoms with Gasteiger partial charge in [-0.3, -0.25) is 0 Å². The Labute approximate surface area is 121 Å². The lowest BCUT2D eigenvalue weighted by atomic mass is 9.99. The maximum Gasteiger partial charge on any atom is 0.387 e. The maximum atomic E-state index is 12.4. The minimum atomic E-state index is -2.87. The van der Waals surface area contributed by atoms with Gasteiger partial charge in [-0.15, -0.1) is 0 Å². The van der Waals surface area contributed by atoms with Gasteiger partial charge in [0, 0.05) is 16.6 Å². The molecule has 0 amide bonds. The lowest BCUT2D eigenvalue weighted by Crippen LogP contribution is -2.16. The zero-order valence-corrected chi connectivity index (χ0v) is 11.4. The van der Waals surface area contributed by atoms with E-state index in [-0.39, 0.29) is 5.75 Å². The van der Waals surface area contributed by atoms with E-state index in [9.17, 15) is 8.78 Å². The summed E-state index contributed by atoms with van der Waals surface area (Å²) in [5, 5.41) is 0.607. The van der Waals surface area contributed by atoms with Crippen molar-refractivity contribution in [3.63, 3.8) is 0 Å². The molecule has 0 aromatic heterocycles. The number of ether oxygens (including phenoxy) is 1. The van der Waals surface area contributed by atoms with Gasteiger partial charge in [-0.05, 0) is 24.1 Å². The molecule has 1 atom stereocenters. The van der Waals surface area contributed by atoms with Crippen LogP contribution in [-0.2, 0) is 6.42 Å². The van der Waals surface area contributed by atoms with Crippen molar-refractivity contribution in [2.75, 3.05) is 0 Å². The molecule has 0 fully saturated rings. The van der Waals surface area contributed by atoms with Gasteiger partial charge >= 0.3 is 6.61 Å². The number of benzene rings is 2. The van der Waals surface area contributed by atoms with Gasteiger partial charge in [0.2, 0.25) is 0 Å². The molecule has 0 aliphatic rings. The van der Waals surface area contributed by atoms with Gasteiger partial charge in [-0.2, -0.15) is 8.78 Å². The molecule has 2 aromatic carbocycles. The summed E-state index contributed by atoms with van der Waals surface area (Å²) in [5.74, 6) is 0.0991. The molecule has 0 heterocycles. The lowest BCUT2D eigenvalue weighted by molar-refractivity contribution is -0.0506. The molecular formula is C15H14ClF2NO. The van der Waals surface area contributed by atoms with E-state index in [0.29, 0.717) is 17.0 Å². The highest BCUT2D eigenvalue weighted by Crippen LogP contribution is 2.29. The second-order valence-electron chi connectivity index (χ2n) is 4.32. The van der Waals surface area contributed by atoms with Gasteiger partial charge in [0.05, 0.1) is 0 Å². The third-order valence-electron chi connectivity index (χ3n) is 2.93. The number of hydrogen-bond acceptors (Lipinski definition) is 2. The molecule has 0 aliphatic heterocycles. The summed E-state index contributed by atoms with van der Waals surface area (Å²) in [7, 11) is 0. The summed E-state index contributed by atoms with van der Waals surface area (Å²) < 4.78 is 29.2. The average Bonchev–Trinajstić information content (AvgIpc) is 2.41. The van der Waals surface area contributed by atoms with E-state index in [1.165, 1.54) is 6.07 Å². The first-order valence-corrected chi connectivity index (χ1v) is 6.48. The molecule has 0 radical (unpaired) electrons. The summed E-state index contributed by atoms with van der Waals surface area (Å²) in [4.78, 5) is 0. The predicted octanol–water partition coefficient (Wildman–Crippen LogP) is 4.18. The van der Waals surface area contributed by atoms with Crippen LogP contribution < -0.4 is 10.5 Å². The summed E-state index contributed by atoms with van der Waals surface area (Å²) in [6.45, 7) is -2.87.